The molecule has 146 valence electrons. The first-order chi connectivity index (χ1) is 13.4. The fourth-order valence-corrected chi connectivity index (χ4v) is 6.74. The van der Waals surface area contributed by atoms with Crippen LogP contribution in [0.4, 0.5) is 17.1 Å². The van der Waals surface area contributed by atoms with Crippen molar-refractivity contribution >= 4 is 37.7 Å². The molecular formula is C23H27N3S2. The van der Waals surface area contributed by atoms with Gasteiger partial charge in [0.15, 0.2) is 0 Å². The largest absolute Gasteiger partial charge is 0.375 e. The summed E-state index contributed by atoms with van der Waals surface area (Å²) in [5, 5.41) is 3.70. The molecule has 4 rings (SSSR count). The lowest BCUT2D eigenvalue weighted by atomic mass is 9.89. The zero-order chi connectivity index (χ0) is 19.9. The predicted molar refractivity (Wildman–Crippen MR) is 124 cm³/mol. The first kappa shape index (κ1) is 19.2. The molecule has 1 N–H and O–H groups in total. The Bertz CT molecular complexity index is 1050. The molecule has 0 aliphatic carbocycles. The third-order valence-corrected chi connectivity index (χ3v) is 7.95. The van der Waals surface area contributed by atoms with Gasteiger partial charge in [-0.2, -0.15) is 0 Å². The van der Waals surface area contributed by atoms with Crippen molar-refractivity contribution in [2.24, 2.45) is 4.99 Å². The fraction of sp³-hybridized carbons (Fsp3) is 0.348. The van der Waals surface area contributed by atoms with Gasteiger partial charge in [-0.05, 0) is 71.0 Å². The number of nitrogens with one attached hydrogen (secondary N) is 1. The summed E-state index contributed by atoms with van der Waals surface area (Å²) in [5.74, 6) is 0. The summed E-state index contributed by atoms with van der Waals surface area (Å²) < 4.78 is 1.11. The van der Waals surface area contributed by atoms with Gasteiger partial charge in [0.1, 0.15) is 4.67 Å². The van der Waals surface area contributed by atoms with Gasteiger partial charge in [0.2, 0.25) is 0 Å². The molecule has 2 aromatic carbocycles. The van der Waals surface area contributed by atoms with E-state index >= 15 is 0 Å². The average molecular weight is 410 g/mol. The fourth-order valence-electron chi connectivity index (χ4n) is 3.80. The van der Waals surface area contributed by atoms with Crippen LogP contribution in [-0.2, 0) is 5.54 Å². The Kier molecular flexibility index (Phi) is 5.06. The van der Waals surface area contributed by atoms with Crippen LogP contribution >= 0.6 is 20.7 Å². The van der Waals surface area contributed by atoms with Gasteiger partial charge in [-0.3, -0.25) is 0 Å². The van der Waals surface area contributed by atoms with Crippen LogP contribution in [0.25, 0.3) is 11.1 Å². The lowest BCUT2D eigenvalue weighted by molar-refractivity contribution is 0.619. The smallest absolute Gasteiger partial charge is 0.135 e. The van der Waals surface area contributed by atoms with Crippen LogP contribution in [0.5, 0.6) is 0 Å². The van der Waals surface area contributed by atoms with Crippen LogP contribution in [0, 0.1) is 6.92 Å². The van der Waals surface area contributed by atoms with Gasteiger partial charge >= 0.3 is 0 Å². The highest BCUT2D eigenvalue weighted by atomic mass is 32.9. The Labute approximate surface area is 174 Å². The van der Waals surface area contributed by atoms with Gasteiger partial charge in [-0.15, -0.1) is 0 Å². The second-order valence-electron chi connectivity index (χ2n) is 7.78. The molecule has 0 bridgehead atoms. The molecule has 3 aromatic rings. The Morgan fingerprint density at radius 2 is 1.71 bits per heavy atom. The molecule has 1 aliphatic heterocycles. The van der Waals surface area contributed by atoms with Crippen molar-refractivity contribution in [2.75, 3.05) is 23.3 Å². The molecule has 5 heteroatoms. The van der Waals surface area contributed by atoms with Crippen molar-refractivity contribution < 1.29 is 0 Å². The number of hydrogen-bond acceptors (Lipinski definition) is 5. The second-order valence-corrected chi connectivity index (χ2v) is 9.90. The van der Waals surface area contributed by atoms with Gasteiger partial charge in [0.25, 0.3) is 0 Å². The molecule has 28 heavy (non-hydrogen) atoms. The van der Waals surface area contributed by atoms with Gasteiger partial charge in [-0.1, -0.05) is 32.3 Å². The minimum absolute atomic E-state index is 0.0842. The highest BCUT2D eigenvalue weighted by Crippen LogP contribution is 2.45. The molecule has 0 saturated carbocycles. The normalized spacial score (nSPS) is 15.0. The Balaban J connectivity index is 1.82. The molecule has 0 fully saturated rings. The molecule has 1 aliphatic rings. The maximum absolute atomic E-state index is 5.04. The number of nitrogens with zero attached hydrogens (tertiary/aromatic N) is 2. The maximum atomic E-state index is 5.04. The van der Waals surface area contributed by atoms with Gasteiger partial charge in [0.05, 0.1) is 16.1 Å². The van der Waals surface area contributed by atoms with Crippen molar-refractivity contribution in [1.29, 1.82) is 0 Å². The standard InChI is InChI=1S/C23H27N3S2/c1-6-26(7-2)17-11-9-16(10-12-17)24-22-20-18-14-15(3)8-13-19(18)25-23(4,5)21(20)27-28-22/h8-14,25H,6-7H2,1-5H3. The number of benzene rings is 2. The summed E-state index contributed by atoms with van der Waals surface area (Å²) in [6.07, 6.45) is 0. The zero-order valence-corrected chi connectivity index (χ0v) is 18.8. The van der Waals surface area contributed by atoms with Crippen LogP contribution in [-0.4, -0.2) is 13.1 Å². The maximum Gasteiger partial charge on any atom is 0.135 e. The van der Waals surface area contributed by atoms with Crippen LogP contribution in [0.15, 0.2) is 47.5 Å². The highest BCUT2D eigenvalue weighted by molar-refractivity contribution is 7.68. The van der Waals surface area contributed by atoms with Crippen LogP contribution in [0.1, 0.15) is 38.1 Å². The molecule has 2 heterocycles. The van der Waals surface area contributed by atoms with E-state index in [1.54, 1.807) is 10.3 Å². The van der Waals surface area contributed by atoms with E-state index in [-0.39, 0.29) is 5.54 Å². The molecule has 3 nitrogen and oxygen atoms in total. The second kappa shape index (κ2) is 7.37. The van der Waals surface area contributed by atoms with Crippen molar-refractivity contribution in [3.05, 3.63) is 57.6 Å². The molecule has 0 spiro atoms. The third-order valence-electron chi connectivity index (χ3n) is 5.31. The first-order valence-electron chi connectivity index (χ1n) is 9.85. The van der Waals surface area contributed by atoms with Crippen molar-refractivity contribution in [3.63, 3.8) is 0 Å². The Hall–Kier alpha value is -2.11. The summed E-state index contributed by atoms with van der Waals surface area (Å²) in [7, 11) is 3.62. The van der Waals surface area contributed by atoms with Crippen molar-refractivity contribution in [2.45, 2.75) is 40.2 Å². The number of rotatable bonds is 4. The minimum atomic E-state index is -0.0842. The summed E-state index contributed by atoms with van der Waals surface area (Å²) in [6, 6.07) is 15.3. The monoisotopic (exact) mass is 409 g/mol. The van der Waals surface area contributed by atoms with E-state index in [0.717, 1.165) is 23.4 Å². The molecule has 0 unspecified atom stereocenters. The summed E-state index contributed by atoms with van der Waals surface area (Å²) in [6.45, 7) is 13.1. The van der Waals surface area contributed by atoms with E-state index in [9.17, 15) is 0 Å². The molecule has 0 amide bonds. The van der Waals surface area contributed by atoms with E-state index in [1.807, 2.05) is 10.3 Å². The quantitative estimate of drug-likeness (QED) is 0.496. The summed E-state index contributed by atoms with van der Waals surface area (Å²) in [4.78, 5) is 8.77. The van der Waals surface area contributed by atoms with E-state index in [4.69, 9.17) is 4.99 Å². The van der Waals surface area contributed by atoms with Crippen LogP contribution in [0.3, 0.4) is 0 Å². The van der Waals surface area contributed by atoms with Crippen molar-refractivity contribution in [1.82, 2.24) is 0 Å². The average Bonchev–Trinajstić information content (AvgIpc) is 3.10. The molecule has 0 atom stereocenters. The molecule has 0 saturated heterocycles. The van der Waals surface area contributed by atoms with Gasteiger partial charge in [-0.25, -0.2) is 4.99 Å². The number of anilines is 2. The summed E-state index contributed by atoms with van der Waals surface area (Å²) in [5.41, 5.74) is 7.22. The minimum Gasteiger partial charge on any atom is -0.375 e. The van der Waals surface area contributed by atoms with E-state index in [1.165, 1.54) is 32.9 Å². The first-order valence-corrected chi connectivity index (χ1v) is 12.0. The SMILES string of the molecule is CCN(CC)c1ccc(N=c2ssc3c2-c2cc(C)ccc2NC3(C)C)cc1. The van der Waals surface area contributed by atoms with Crippen molar-refractivity contribution in [3.8, 4) is 11.1 Å². The summed E-state index contributed by atoms with van der Waals surface area (Å²) >= 11 is 0. The molecule has 0 radical (unpaired) electrons. The van der Waals surface area contributed by atoms with Crippen LogP contribution in [0.2, 0.25) is 0 Å². The lowest BCUT2D eigenvalue weighted by Crippen LogP contribution is -2.31. The third kappa shape index (κ3) is 3.38. The molecule has 1 aromatic heterocycles. The Morgan fingerprint density at radius 1 is 1.00 bits per heavy atom. The lowest BCUT2D eigenvalue weighted by Gasteiger charge is -2.33. The van der Waals surface area contributed by atoms with E-state index in [2.05, 4.69) is 87.3 Å². The van der Waals surface area contributed by atoms with E-state index in [0.29, 0.717) is 0 Å². The zero-order valence-electron chi connectivity index (χ0n) is 17.2. The number of fused-ring (bicyclic) bond motifs is 3. The molecular weight excluding hydrogens is 382 g/mol. The van der Waals surface area contributed by atoms with Gasteiger partial charge < -0.3 is 10.2 Å². The van der Waals surface area contributed by atoms with E-state index < -0.39 is 0 Å². The predicted octanol–water partition coefficient (Wildman–Crippen LogP) is 6.52. The topological polar surface area (TPSA) is 27.6 Å². The number of hydrogen-bond donors (Lipinski definition) is 1. The Morgan fingerprint density at radius 3 is 2.39 bits per heavy atom. The highest BCUT2D eigenvalue weighted by Gasteiger charge is 2.33. The number of aryl methyl sites for hydroxylation is 1. The van der Waals surface area contributed by atoms with Gasteiger partial charge in [0, 0.05) is 35.6 Å². The van der Waals surface area contributed by atoms with Crippen LogP contribution < -0.4 is 14.9 Å².